The number of ether oxygens (including phenoxy) is 1. The second-order valence-corrected chi connectivity index (χ2v) is 6.30. The van der Waals surface area contributed by atoms with Gasteiger partial charge in [-0.05, 0) is 30.9 Å². The first-order valence-corrected chi connectivity index (χ1v) is 8.48. The fraction of sp³-hybridized carbons (Fsp3) is 0.588. The van der Waals surface area contributed by atoms with Gasteiger partial charge in [0.15, 0.2) is 11.2 Å². The minimum Gasteiger partial charge on any atom is -0.406 e. The van der Waals surface area contributed by atoms with Crippen molar-refractivity contribution >= 4 is 17.1 Å². The Hall–Kier alpha value is -2.15. The molecular formula is C17H23N3O4. The summed E-state index contributed by atoms with van der Waals surface area (Å²) < 4.78 is 12.1. The van der Waals surface area contributed by atoms with Crippen LogP contribution < -0.4 is 11.1 Å². The Labute approximate surface area is 140 Å². The van der Waals surface area contributed by atoms with Crippen LogP contribution in [-0.2, 0) is 16.1 Å². The van der Waals surface area contributed by atoms with Crippen LogP contribution in [0.15, 0.2) is 27.5 Å². The van der Waals surface area contributed by atoms with E-state index in [1.54, 1.807) is 18.3 Å². The van der Waals surface area contributed by atoms with Gasteiger partial charge in [0.05, 0.1) is 12.7 Å². The van der Waals surface area contributed by atoms with Gasteiger partial charge in [-0.1, -0.05) is 19.8 Å². The van der Waals surface area contributed by atoms with Crippen LogP contribution in [-0.4, -0.2) is 34.7 Å². The lowest BCUT2D eigenvalue weighted by molar-refractivity contribution is -0.122. The molecule has 2 unspecified atom stereocenters. The highest BCUT2D eigenvalue weighted by Crippen LogP contribution is 2.25. The largest absolute Gasteiger partial charge is 0.421 e. The second kappa shape index (κ2) is 7.61. The third kappa shape index (κ3) is 3.84. The van der Waals surface area contributed by atoms with Crippen molar-refractivity contribution in [3.05, 3.63) is 28.9 Å². The van der Waals surface area contributed by atoms with E-state index in [1.165, 1.54) is 23.8 Å². The van der Waals surface area contributed by atoms with E-state index in [0.29, 0.717) is 36.4 Å². The number of rotatable bonds is 6. The van der Waals surface area contributed by atoms with Gasteiger partial charge >= 0.3 is 5.76 Å². The summed E-state index contributed by atoms with van der Waals surface area (Å²) in [6.45, 7) is 3.02. The molecule has 3 rings (SSSR count). The quantitative estimate of drug-likeness (QED) is 0.813. The van der Waals surface area contributed by atoms with Gasteiger partial charge in [0.2, 0.25) is 5.91 Å². The molecule has 1 aliphatic carbocycles. The molecule has 2 aromatic rings. The van der Waals surface area contributed by atoms with Crippen molar-refractivity contribution in [2.75, 3.05) is 13.2 Å². The van der Waals surface area contributed by atoms with Crippen molar-refractivity contribution in [3.63, 3.8) is 0 Å². The topological polar surface area (TPSA) is 86.4 Å². The Morgan fingerprint density at radius 3 is 3.12 bits per heavy atom. The third-order valence-corrected chi connectivity index (χ3v) is 4.51. The minimum atomic E-state index is -0.578. The molecule has 2 atom stereocenters. The van der Waals surface area contributed by atoms with Crippen LogP contribution in [0.25, 0.3) is 11.2 Å². The number of pyridine rings is 1. The van der Waals surface area contributed by atoms with Crippen LogP contribution in [0.4, 0.5) is 0 Å². The van der Waals surface area contributed by atoms with Crippen molar-refractivity contribution in [3.8, 4) is 0 Å². The van der Waals surface area contributed by atoms with Crippen LogP contribution in [0.1, 0.15) is 32.6 Å². The summed E-state index contributed by atoms with van der Waals surface area (Å²) in [6.07, 6.45) is 6.65. The summed E-state index contributed by atoms with van der Waals surface area (Å²) in [5.41, 5.74) is 0.759. The van der Waals surface area contributed by atoms with Gasteiger partial charge in [0.1, 0.15) is 6.54 Å². The zero-order valence-electron chi connectivity index (χ0n) is 13.9. The molecule has 0 aromatic carbocycles. The molecule has 7 heteroatoms. The Bertz CT molecular complexity index is 752. The zero-order chi connectivity index (χ0) is 16.9. The number of amides is 1. The molecule has 24 heavy (non-hydrogen) atoms. The van der Waals surface area contributed by atoms with Gasteiger partial charge in [-0.15, -0.1) is 0 Å². The predicted molar refractivity (Wildman–Crippen MR) is 88.7 cm³/mol. The van der Waals surface area contributed by atoms with Crippen LogP contribution in [0.3, 0.4) is 0 Å². The number of aromatic nitrogens is 2. The lowest BCUT2D eigenvalue weighted by Gasteiger charge is -2.28. The minimum absolute atomic E-state index is 0.108. The molecule has 0 saturated heterocycles. The summed E-state index contributed by atoms with van der Waals surface area (Å²) >= 11 is 0. The SMILES string of the molecule is CC1CCCCC1OCCNC(=O)Cn1c(=O)oc2cccnc21. The molecule has 1 aliphatic rings. The number of nitrogens with zero attached hydrogens (tertiary/aromatic N) is 2. The molecule has 0 bridgehead atoms. The van der Waals surface area contributed by atoms with Gasteiger partial charge < -0.3 is 14.5 Å². The standard InChI is InChI=1S/C17H23N3O4/c1-12-5-2-3-6-13(12)23-10-9-18-15(21)11-20-16-14(24-17(20)22)7-4-8-19-16/h4,7-8,12-13H,2-3,5-6,9-11H2,1H3,(H,18,21). The fourth-order valence-electron chi connectivity index (χ4n) is 3.17. The number of fused-ring (bicyclic) bond motifs is 1. The van der Waals surface area contributed by atoms with Crippen molar-refractivity contribution in [2.24, 2.45) is 5.92 Å². The maximum atomic E-state index is 12.0. The molecule has 7 nitrogen and oxygen atoms in total. The molecular weight excluding hydrogens is 310 g/mol. The lowest BCUT2D eigenvalue weighted by Crippen LogP contribution is -2.34. The van der Waals surface area contributed by atoms with E-state index in [4.69, 9.17) is 9.15 Å². The van der Waals surface area contributed by atoms with E-state index < -0.39 is 5.76 Å². The Morgan fingerprint density at radius 2 is 2.29 bits per heavy atom. The summed E-state index contributed by atoms with van der Waals surface area (Å²) in [5.74, 6) is -0.256. The van der Waals surface area contributed by atoms with E-state index in [1.807, 2.05) is 0 Å². The van der Waals surface area contributed by atoms with Gasteiger partial charge in [0, 0.05) is 12.7 Å². The molecule has 1 N–H and O–H groups in total. The van der Waals surface area contributed by atoms with Crippen LogP contribution >= 0.6 is 0 Å². The molecule has 1 saturated carbocycles. The first-order chi connectivity index (χ1) is 11.6. The Balaban J connectivity index is 1.47. The van der Waals surface area contributed by atoms with Crippen molar-refractivity contribution in [2.45, 2.75) is 45.3 Å². The molecule has 0 aliphatic heterocycles. The smallest absolute Gasteiger partial charge is 0.406 e. The highest BCUT2D eigenvalue weighted by Gasteiger charge is 2.21. The molecule has 130 valence electrons. The maximum absolute atomic E-state index is 12.0. The Kier molecular flexibility index (Phi) is 5.30. The first kappa shape index (κ1) is 16.7. The second-order valence-electron chi connectivity index (χ2n) is 6.30. The fourth-order valence-corrected chi connectivity index (χ4v) is 3.17. The normalized spacial score (nSPS) is 21.0. The summed E-state index contributed by atoms with van der Waals surface area (Å²) in [5, 5.41) is 2.77. The number of oxazole rings is 1. The number of hydrogen-bond donors (Lipinski definition) is 1. The molecule has 0 radical (unpaired) electrons. The van der Waals surface area contributed by atoms with Crippen molar-refractivity contribution in [1.82, 2.24) is 14.9 Å². The van der Waals surface area contributed by atoms with E-state index in [9.17, 15) is 9.59 Å². The first-order valence-electron chi connectivity index (χ1n) is 8.48. The molecule has 2 aromatic heterocycles. The third-order valence-electron chi connectivity index (χ3n) is 4.51. The number of nitrogens with one attached hydrogen (secondary N) is 1. The predicted octanol–water partition coefficient (Wildman–Crippen LogP) is 1.70. The highest BCUT2D eigenvalue weighted by molar-refractivity contribution is 5.78. The van der Waals surface area contributed by atoms with E-state index in [2.05, 4.69) is 17.2 Å². The van der Waals surface area contributed by atoms with Gasteiger partial charge in [-0.3, -0.25) is 4.79 Å². The molecule has 0 spiro atoms. The van der Waals surface area contributed by atoms with E-state index in [0.717, 1.165) is 6.42 Å². The summed E-state index contributed by atoms with van der Waals surface area (Å²) in [7, 11) is 0. The van der Waals surface area contributed by atoms with E-state index in [-0.39, 0.29) is 12.5 Å². The number of hydrogen-bond acceptors (Lipinski definition) is 5. The monoisotopic (exact) mass is 333 g/mol. The highest BCUT2D eigenvalue weighted by atomic mass is 16.5. The lowest BCUT2D eigenvalue weighted by atomic mass is 9.88. The zero-order valence-corrected chi connectivity index (χ0v) is 13.9. The summed E-state index contributed by atoms with van der Waals surface area (Å²) in [6, 6.07) is 3.33. The Morgan fingerprint density at radius 1 is 1.46 bits per heavy atom. The van der Waals surface area contributed by atoms with Crippen molar-refractivity contribution < 1.29 is 13.9 Å². The summed E-state index contributed by atoms with van der Waals surface area (Å²) in [4.78, 5) is 27.9. The molecule has 1 amide bonds. The van der Waals surface area contributed by atoms with Gasteiger partial charge in [-0.2, -0.15) is 0 Å². The molecule has 1 fully saturated rings. The van der Waals surface area contributed by atoms with Crippen LogP contribution in [0.5, 0.6) is 0 Å². The number of carbonyl (C=O) groups excluding carboxylic acids is 1. The van der Waals surface area contributed by atoms with Gasteiger partial charge in [-0.25, -0.2) is 14.3 Å². The maximum Gasteiger partial charge on any atom is 0.421 e. The van der Waals surface area contributed by atoms with E-state index >= 15 is 0 Å². The van der Waals surface area contributed by atoms with Crippen molar-refractivity contribution in [1.29, 1.82) is 0 Å². The number of carbonyl (C=O) groups is 1. The van der Waals surface area contributed by atoms with Crippen LogP contribution in [0.2, 0.25) is 0 Å². The average molecular weight is 333 g/mol. The average Bonchev–Trinajstić information content (AvgIpc) is 2.89. The molecule has 2 heterocycles. The van der Waals surface area contributed by atoms with Crippen LogP contribution in [0, 0.1) is 5.92 Å². The van der Waals surface area contributed by atoms with Gasteiger partial charge in [0.25, 0.3) is 0 Å².